The molecule has 0 bridgehead atoms. The zero-order valence-corrected chi connectivity index (χ0v) is 23.1. The summed E-state index contributed by atoms with van der Waals surface area (Å²) in [6.45, 7) is 12.9. The Morgan fingerprint density at radius 3 is 2.27 bits per heavy atom. The molecule has 37 heavy (non-hydrogen) atoms. The van der Waals surface area contributed by atoms with E-state index in [0.29, 0.717) is 36.0 Å². The van der Waals surface area contributed by atoms with Gasteiger partial charge in [0.15, 0.2) is 17.3 Å². The van der Waals surface area contributed by atoms with Crippen molar-refractivity contribution in [2.45, 2.75) is 93.1 Å². The van der Waals surface area contributed by atoms with Crippen LogP contribution in [0, 0.1) is 39.4 Å². The van der Waals surface area contributed by atoms with Crippen molar-refractivity contribution < 1.29 is 34.2 Å². The van der Waals surface area contributed by atoms with Crippen molar-refractivity contribution in [1.29, 1.82) is 0 Å². The van der Waals surface area contributed by atoms with E-state index in [1.54, 1.807) is 6.92 Å². The highest BCUT2D eigenvalue weighted by molar-refractivity contribution is 6.12. The second-order valence-electron chi connectivity index (χ2n) is 13.3. The summed E-state index contributed by atoms with van der Waals surface area (Å²) in [5.74, 6) is -2.88. The highest BCUT2D eigenvalue weighted by Gasteiger charge is 2.69. The van der Waals surface area contributed by atoms with Crippen LogP contribution in [0.15, 0.2) is 22.8 Å². The lowest BCUT2D eigenvalue weighted by molar-refractivity contribution is -0.146. The molecule has 0 aromatic rings. The molecule has 2 fully saturated rings. The third-order valence-electron chi connectivity index (χ3n) is 11.0. The third kappa shape index (κ3) is 3.67. The Balaban J connectivity index is 1.81. The van der Waals surface area contributed by atoms with Crippen LogP contribution in [0.2, 0.25) is 0 Å². The van der Waals surface area contributed by atoms with Crippen LogP contribution in [-0.4, -0.2) is 45.4 Å². The molecule has 7 atom stereocenters. The van der Waals surface area contributed by atoms with Gasteiger partial charge in [0.1, 0.15) is 5.78 Å². The fourth-order valence-corrected chi connectivity index (χ4v) is 8.49. The smallest absolute Gasteiger partial charge is 0.306 e. The molecule has 2 saturated carbocycles. The molecule has 2 N–H and O–H groups in total. The maximum atomic E-state index is 14.0. The number of ketones is 4. The molecule has 0 heterocycles. The monoisotopic (exact) mass is 512 g/mol. The molecule has 0 aliphatic heterocycles. The van der Waals surface area contributed by atoms with E-state index in [1.165, 1.54) is 13.0 Å². The van der Waals surface area contributed by atoms with Crippen LogP contribution in [0.5, 0.6) is 0 Å². The van der Waals surface area contributed by atoms with Crippen molar-refractivity contribution in [3.05, 3.63) is 22.8 Å². The topological polar surface area (TPSA) is 126 Å². The van der Waals surface area contributed by atoms with E-state index in [2.05, 4.69) is 0 Å². The maximum Gasteiger partial charge on any atom is 0.306 e. The fraction of sp³-hybridized carbons (Fsp3) is 0.700. The minimum Gasteiger partial charge on any atom is -0.481 e. The number of hydrogen-bond acceptors (Lipinski definition) is 6. The van der Waals surface area contributed by atoms with Crippen molar-refractivity contribution in [3.8, 4) is 0 Å². The quantitative estimate of drug-likeness (QED) is 0.527. The summed E-state index contributed by atoms with van der Waals surface area (Å²) in [6.07, 6.45) is 1.92. The Bertz CT molecular complexity index is 1170. The summed E-state index contributed by atoms with van der Waals surface area (Å²) in [5.41, 5.74) is -1.46. The van der Waals surface area contributed by atoms with Gasteiger partial charge in [-0.05, 0) is 43.1 Å². The molecule has 0 saturated heterocycles. The van der Waals surface area contributed by atoms with Crippen molar-refractivity contribution in [3.63, 3.8) is 0 Å². The number of hydrogen-bond donors (Lipinski definition) is 2. The van der Waals surface area contributed by atoms with E-state index >= 15 is 0 Å². The van der Waals surface area contributed by atoms with Gasteiger partial charge in [-0.15, -0.1) is 0 Å². The number of carbonyl (C=O) groups excluding carboxylic acids is 4. The zero-order chi connectivity index (χ0) is 27.9. The van der Waals surface area contributed by atoms with Crippen LogP contribution in [0.1, 0.15) is 87.0 Å². The number of Topliss-reactive ketones (excluding diaryl/α,β-unsaturated/α-hetero) is 3. The number of fused-ring (bicyclic) bond motifs is 4. The average Bonchev–Trinajstić information content (AvgIpc) is 2.99. The highest BCUT2D eigenvalue weighted by atomic mass is 16.4. The number of aliphatic hydroxyl groups excluding tert-OH is 1. The van der Waals surface area contributed by atoms with Crippen LogP contribution in [0.4, 0.5) is 0 Å². The van der Waals surface area contributed by atoms with Gasteiger partial charge in [-0.3, -0.25) is 24.0 Å². The molecule has 0 amide bonds. The van der Waals surface area contributed by atoms with Gasteiger partial charge in [0.2, 0.25) is 0 Å². The van der Waals surface area contributed by atoms with Gasteiger partial charge in [0.05, 0.1) is 12.0 Å². The number of aliphatic hydroxyl groups is 1. The van der Waals surface area contributed by atoms with Gasteiger partial charge >= 0.3 is 5.97 Å². The first kappa shape index (κ1) is 27.6. The maximum absolute atomic E-state index is 14.0. The Morgan fingerprint density at radius 1 is 1.05 bits per heavy atom. The number of rotatable bonds is 5. The van der Waals surface area contributed by atoms with E-state index in [0.717, 1.165) is 0 Å². The summed E-state index contributed by atoms with van der Waals surface area (Å²) in [5, 5.41) is 20.7. The number of carboxylic acids is 1. The van der Waals surface area contributed by atoms with E-state index in [-0.39, 0.29) is 54.2 Å². The Hall–Kier alpha value is -2.41. The van der Waals surface area contributed by atoms with Gasteiger partial charge in [0.25, 0.3) is 0 Å². The number of aliphatic carboxylic acids is 1. The van der Waals surface area contributed by atoms with Crippen LogP contribution in [-0.2, 0) is 24.0 Å². The average molecular weight is 513 g/mol. The van der Waals surface area contributed by atoms with Crippen LogP contribution < -0.4 is 0 Å². The molecule has 0 spiro atoms. The second-order valence-corrected chi connectivity index (χ2v) is 13.3. The molecular formula is C30H40O7. The second kappa shape index (κ2) is 8.55. The number of allylic oxidation sites excluding steroid dienone is 3. The lowest BCUT2D eigenvalue weighted by Gasteiger charge is -2.59. The standard InChI is InChI=1S/C30H40O7/c1-15(10-17(31)11-16(2)26(36)37)18-12-23(35)30(7)25-19(32)13-21-27(3,4)22(34)8-9-28(21,5)24(25)20(33)14-29(18,30)6/h10,16,18,21,23,35H,8-9,11-14H2,1-7H3,(H,36,37)/b15-10-/t16?,18-,21+,23?,28+,29-,30+/m1/s1. The van der Waals surface area contributed by atoms with Gasteiger partial charge in [-0.1, -0.05) is 47.1 Å². The molecule has 2 unspecified atom stereocenters. The predicted molar refractivity (Wildman–Crippen MR) is 136 cm³/mol. The zero-order valence-electron chi connectivity index (χ0n) is 23.1. The fourth-order valence-electron chi connectivity index (χ4n) is 8.49. The molecule has 0 radical (unpaired) electrons. The first-order chi connectivity index (χ1) is 16.9. The normalized spacial score (nSPS) is 40.2. The molecule has 7 nitrogen and oxygen atoms in total. The minimum atomic E-state index is -1.04. The Morgan fingerprint density at radius 2 is 1.68 bits per heavy atom. The molecular weight excluding hydrogens is 472 g/mol. The highest BCUT2D eigenvalue weighted by Crippen LogP contribution is 2.70. The Kier molecular flexibility index (Phi) is 6.38. The van der Waals surface area contributed by atoms with Crippen LogP contribution in [0.25, 0.3) is 0 Å². The number of carbonyl (C=O) groups is 5. The predicted octanol–water partition coefficient (Wildman–Crippen LogP) is 4.26. The third-order valence-corrected chi connectivity index (χ3v) is 11.0. The lowest BCUT2D eigenvalue weighted by atomic mass is 9.43. The summed E-state index contributed by atoms with van der Waals surface area (Å²) in [7, 11) is 0. The molecule has 4 aliphatic carbocycles. The van der Waals surface area contributed by atoms with Crippen molar-refractivity contribution in [2.75, 3.05) is 0 Å². The largest absolute Gasteiger partial charge is 0.481 e. The Labute approximate surface area is 218 Å². The van der Waals surface area contributed by atoms with Crippen molar-refractivity contribution >= 4 is 29.1 Å². The van der Waals surface area contributed by atoms with Gasteiger partial charge < -0.3 is 10.2 Å². The van der Waals surface area contributed by atoms with E-state index in [9.17, 15) is 29.1 Å². The summed E-state index contributed by atoms with van der Waals surface area (Å²) in [6, 6.07) is 0. The van der Waals surface area contributed by atoms with Gasteiger partial charge in [-0.25, -0.2) is 0 Å². The number of carboxylic acid groups (broad SMARTS) is 1. The van der Waals surface area contributed by atoms with Crippen LogP contribution in [0.3, 0.4) is 0 Å². The first-order valence-corrected chi connectivity index (χ1v) is 13.4. The molecule has 4 rings (SSSR count). The summed E-state index contributed by atoms with van der Waals surface area (Å²) >= 11 is 0. The van der Waals surface area contributed by atoms with E-state index in [1.807, 2.05) is 34.6 Å². The van der Waals surface area contributed by atoms with E-state index in [4.69, 9.17) is 5.11 Å². The van der Waals surface area contributed by atoms with Gasteiger partial charge in [-0.2, -0.15) is 0 Å². The SMILES string of the molecule is C/C(=C/C(=O)CC(C)C(=O)O)[C@H]1CC(O)[C@@]2(C)C3=C(C(=O)C[C@]12C)[C@@]1(C)CCC(=O)C(C)(C)[C@@H]1CC3=O. The lowest BCUT2D eigenvalue weighted by Crippen LogP contribution is -2.59. The van der Waals surface area contributed by atoms with Crippen molar-refractivity contribution in [1.82, 2.24) is 0 Å². The molecule has 0 aromatic carbocycles. The minimum absolute atomic E-state index is 0.0987. The molecule has 0 aromatic heterocycles. The molecule has 4 aliphatic rings. The summed E-state index contributed by atoms with van der Waals surface area (Å²) < 4.78 is 0. The van der Waals surface area contributed by atoms with Crippen molar-refractivity contribution in [2.24, 2.45) is 39.4 Å². The molecule has 7 heteroatoms. The van der Waals surface area contributed by atoms with Crippen LogP contribution >= 0.6 is 0 Å². The summed E-state index contributed by atoms with van der Waals surface area (Å²) in [4.78, 5) is 64.5. The molecule has 202 valence electrons. The van der Waals surface area contributed by atoms with Gasteiger partial charge in [0, 0.05) is 53.1 Å². The first-order valence-electron chi connectivity index (χ1n) is 13.4. The van der Waals surface area contributed by atoms with E-state index < -0.39 is 39.7 Å².